The van der Waals surface area contributed by atoms with Gasteiger partial charge in [0.1, 0.15) is 11.5 Å². The predicted molar refractivity (Wildman–Crippen MR) is 251 cm³/mol. The van der Waals surface area contributed by atoms with Crippen molar-refractivity contribution < 1.29 is 28.9 Å². The minimum Gasteiger partial charge on any atom is -0.497 e. The Bertz CT molecular complexity index is 2900. The van der Waals surface area contributed by atoms with Gasteiger partial charge < -0.3 is 24.2 Å². The molecule has 7 aromatic rings. The Morgan fingerprint density at radius 3 is 2.31 bits per heavy atom. The van der Waals surface area contributed by atoms with E-state index in [1.54, 1.807) is 19.1 Å². The van der Waals surface area contributed by atoms with Crippen LogP contribution in [0.1, 0.15) is 52.0 Å². The lowest BCUT2D eigenvalue weighted by molar-refractivity contribution is -0.146. The van der Waals surface area contributed by atoms with Crippen molar-refractivity contribution >= 4 is 52.9 Å². The molecule has 0 radical (unpaired) electrons. The number of aryl methyl sites for hydroxylation is 1. The van der Waals surface area contributed by atoms with E-state index < -0.39 is 13.7 Å². The van der Waals surface area contributed by atoms with E-state index in [1.807, 2.05) is 137 Å². The van der Waals surface area contributed by atoms with E-state index in [-0.39, 0.29) is 48.4 Å². The number of carbonyl (C=O) groups is 2. The first-order valence-electron chi connectivity index (χ1n) is 21.9. The van der Waals surface area contributed by atoms with Crippen LogP contribution in [0, 0.1) is 5.92 Å². The van der Waals surface area contributed by atoms with Crippen molar-refractivity contribution in [3.8, 4) is 11.5 Å². The molecule has 3 aliphatic rings. The topological polar surface area (TPSA) is 119 Å². The predicted octanol–water partition coefficient (Wildman–Crippen LogP) is 8.72. The van der Waals surface area contributed by atoms with Crippen LogP contribution in [-0.4, -0.2) is 66.9 Å². The molecule has 64 heavy (non-hydrogen) atoms. The molecule has 10 rings (SSSR count). The highest BCUT2D eigenvalue weighted by Crippen LogP contribution is 2.60. The first-order valence-corrected chi connectivity index (χ1v) is 25.0. The molecular weight excluding hydrogens is 819 g/mol. The van der Waals surface area contributed by atoms with Gasteiger partial charge in [-0.25, -0.2) is 0 Å². The summed E-state index contributed by atoms with van der Waals surface area (Å²) in [5.74, 6) is 0.708. The van der Waals surface area contributed by atoms with Gasteiger partial charge in [-0.05, 0) is 83.1 Å². The number of rotatable bonds is 13. The Morgan fingerprint density at radius 2 is 1.56 bits per heavy atom. The molecule has 1 saturated heterocycles. The van der Waals surface area contributed by atoms with Crippen molar-refractivity contribution in [2.45, 2.75) is 62.7 Å². The fourth-order valence-corrected chi connectivity index (χ4v) is 15.0. The van der Waals surface area contributed by atoms with Crippen LogP contribution in [0.15, 0.2) is 140 Å². The summed E-state index contributed by atoms with van der Waals surface area (Å²) in [4.78, 5) is 33.3. The number of hydrogen-bond donors (Lipinski definition) is 1. The third-order valence-electron chi connectivity index (χ3n) is 14.0. The number of ether oxygens (including phenoxy) is 3. The molecule has 4 heterocycles. The van der Waals surface area contributed by atoms with Crippen molar-refractivity contribution in [1.82, 2.24) is 15.0 Å². The number of methoxy groups -OCH3 is 2. The molecule has 0 saturated carbocycles. The number of carbonyl (C=O) groups excluding carboxylic acids is 2. The summed E-state index contributed by atoms with van der Waals surface area (Å²) in [6.07, 6.45) is 2.16. The van der Waals surface area contributed by atoms with E-state index in [9.17, 15) is 9.90 Å². The van der Waals surface area contributed by atoms with Gasteiger partial charge in [0.25, 0.3) is 11.8 Å². The summed E-state index contributed by atoms with van der Waals surface area (Å²) in [6.45, 7) is 7.61. The molecule has 2 amide bonds. The van der Waals surface area contributed by atoms with E-state index >= 15 is 4.79 Å². The fourth-order valence-electron chi connectivity index (χ4n) is 10.9. The second-order valence-electron chi connectivity index (χ2n) is 17.8. The van der Waals surface area contributed by atoms with Crippen LogP contribution in [0.2, 0.25) is 18.6 Å². The summed E-state index contributed by atoms with van der Waals surface area (Å²) >= 11 is 0. The van der Waals surface area contributed by atoms with Gasteiger partial charge in [-0.1, -0.05) is 109 Å². The highest BCUT2D eigenvalue weighted by Gasteiger charge is 2.66. The second kappa shape index (κ2) is 16.2. The molecule has 6 aromatic carbocycles. The molecule has 12 heteroatoms. The lowest BCUT2D eigenvalue weighted by Crippen LogP contribution is -2.51. The van der Waals surface area contributed by atoms with Gasteiger partial charge in [-0.2, -0.15) is 0 Å². The molecule has 3 aliphatic heterocycles. The van der Waals surface area contributed by atoms with Crippen molar-refractivity contribution in [2.75, 3.05) is 30.6 Å². The number of aliphatic hydroxyl groups is 1. The first kappa shape index (κ1) is 41.4. The summed E-state index contributed by atoms with van der Waals surface area (Å²) in [6, 6.07) is 43.8. The van der Waals surface area contributed by atoms with E-state index in [1.165, 1.54) is 5.19 Å². The Morgan fingerprint density at radius 1 is 0.828 bits per heavy atom. The lowest BCUT2D eigenvalue weighted by atomic mass is 9.82. The normalized spacial score (nSPS) is 20.7. The van der Waals surface area contributed by atoms with Crippen LogP contribution in [0.25, 0.3) is 10.8 Å². The standard InChI is InChI=1S/C52H51N5O6Si/c1-33-49(64(4,5)40-23-20-38(61-2)21-24-40)47(26-27-55-31-44(53-54-55)42(32-58)35-13-7-6-8-14-35)63-52(33)43-29-39(62-3)22-25-45(43)56(51(52)60)30-34-12-9-17-37(28-34)57-46-19-11-16-36-15-10-18-41(48(36)46)50(57)59/h6-25,28-29,31,33,42,47,49,58H,26-27,30,32H2,1-5H3/t33-,42?,47+,49-,52+/m0/s1. The van der Waals surface area contributed by atoms with Crippen molar-refractivity contribution in [3.63, 3.8) is 0 Å². The Balaban J connectivity index is 1.00. The smallest absolute Gasteiger partial charge is 0.264 e. The molecule has 5 atom stereocenters. The van der Waals surface area contributed by atoms with Crippen molar-refractivity contribution in [3.05, 3.63) is 168 Å². The van der Waals surface area contributed by atoms with E-state index in [0.29, 0.717) is 30.0 Å². The maximum absolute atomic E-state index is 15.7. The number of hydrogen-bond acceptors (Lipinski definition) is 8. The summed E-state index contributed by atoms with van der Waals surface area (Å²) < 4.78 is 20.7. The SMILES string of the molecule is COc1ccc([Si](C)(C)[C@@H]2[C@@H](CCn3cc(C(CO)c4ccccc4)nn3)O[C@]3(C(=O)N(Cc4cccc(N5C(=O)c6cccc7cccc5c67)c4)c4ccc(OC)cc43)[C@H]2C)cc1. The molecule has 1 unspecified atom stereocenters. The third-order valence-corrected chi connectivity index (χ3v) is 18.4. The number of benzene rings is 6. The number of fused-ring (bicyclic) bond motifs is 2. The molecule has 1 aromatic heterocycles. The minimum absolute atomic E-state index is 0.00445. The molecule has 11 nitrogen and oxygen atoms in total. The zero-order valence-electron chi connectivity index (χ0n) is 36.6. The largest absolute Gasteiger partial charge is 0.497 e. The number of aromatic nitrogens is 3. The molecule has 1 spiro atoms. The molecule has 0 bridgehead atoms. The monoisotopic (exact) mass is 869 g/mol. The van der Waals surface area contributed by atoms with Crippen LogP contribution in [0.5, 0.6) is 11.5 Å². The van der Waals surface area contributed by atoms with Crippen LogP contribution in [0.4, 0.5) is 17.1 Å². The van der Waals surface area contributed by atoms with Gasteiger partial charge in [-0.15, -0.1) is 5.10 Å². The van der Waals surface area contributed by atoms with Gasteiger partial charge in [0.05, 0.1) is 70.1 Å². The number of nitrogens with zero attached hydrogens (tertiary/aromatic N) is 5. The van der Waals surface area contributed by atoms with Crippen molar-refractivity contribution in [1.29, 1.82) is 0 Å². The third kappa shape index (κ3) is 6.62. The van der Waals surface area contributed by atoms with Crippen molar-refractivity contribution in [2.24, 2.45) is 5.92 Å². The van der Waals surface area contributed by atoms with Gasteiger partial charge in [0, 0.05) is 35.3 Å². The lowest BCUT2D eigenvalue weighted by Gasteiger charge is -2.37. The van der Waals surface area contributed by atoms with E-state index in [0.717, 1.165) is 50.3 Å². The molecule has 0 aliphatic carbocycles. The summed E-state index contributed by atoms with van der Waals surface area (Å²) in [7, 11) is 0.870. The van der Waals surface area contributed by atoms with Crippen LogP contribution in [-0.2, 0) is 28.2 Å². The maximum atomic E-state index is 15.7. The first-order chi connectivity index (χ1) is 31.1. The average Bonchev–Trinajstić information content (AvgIpc) is 4.05. The van der Waals surface area contributed by atoms with E-state index in [4.69, 9.17) is 14.2 Å². The quantitative estimate of drug-likeness (QED) is 0.114. The highest BCUT2D eigenvalue weighted by molar-refractivity contribution is 6.91. The van der Waals surface area contributed by atoms with Gasteiger partial charge in [0.2, 0.25) is 0 Å². The second-order valence-corrected chi connectivity index (χ2v) is 22.5. The van der Waals surface area contributed by atoms with Gasteiger partial charge in [-0.3, -0.25) is 19.2 Å². The molecule has 1 N–H and O–H groups in total. The molecule has 324 valence electrons. The maximum Gasteiger partial charge on any atom is 0.264 e. The number of aliphatic hydroxyl groups excluding tert-OH is 1. The Hall–Kier alpha value is -6.60. The van der Waals surface area contributed by atoms with Crippen LogP contribution in [0.3, 0.4) is 0 Å². The Labute approximate surface area is 373 Å². The Kier molecular flexibility index (Phi) is 10.5. The number of amides is 2. The molecular formula is C52H51N5O6Si. The van der Waals surface area contributed by atoms with E-state index in [2.05, 4.69) is 42.5 Å². The fraction of sp³-hybridized carbons (Fsp3) is 0.269. The zero-order valence-corrected chi connectivity index (χ0v) is 37.6. The summed E-state index contributed by atoms with van der Waals surface area (Å²) in [5.41, 5.74) is 5.07. The molecule has 1 fully saturated rings. The minimum atomic E-state index is -2.45. The van der Waals surface area contributed by atoms with Crippen LogP contribution < -0.4 is 24.5 Å². The number of anilines is 3. The highest BCUT2D eigenvalue weighted by atomic mass is 28.3. The van der Waals surface area contributed by atoms with Gasteiger partial charge >= 0.3 is 0 Å². The summed E-state index contributed by atoms with van der Waals surface area (Å²) in [5, 5.41) is 22.6. The van der Waals surface area contributed by atoms with Gasteiger partial charge in [0.15, 0.2) is 5.60 Å². The average molecular weight is 870 g/mol. The van der Waals surface area contributed by atoms with Crippen LogP contribution >= 0.6 is 0 Å². The zero-order chi connectivity index (χ0) is 44.3.